The first kappa shape index (κ1) is 21.7. The first-order chi connectivity index (χ1) is 10.4. The predicted octanol–water partition coefficient (Wildman–Crippen LogP) is 6.06. The van der Waals surface area contributed by atoms with E-state index in [0.717, 1.165) is 13.2 Å². The van der Waals surface area contributed by atoms with Crippen molar-refractivity contribution in [3.63, 3.8) is 0 Å². The fraction of sp³-hybridized carbons (Fsp3) is 1.00. The van der Waals surface area contributed by atoms with E-state index in [0.29, 0.717) is 0 Å². The molecule has 0 amide bonds. The van der Waals surface area contributed by atoms with E-state index in [1.165, 1.54) is 89.9 Å². The van der Waals surface area contributed by atoms with Gasteiger partial charge in [-0.1, -0.05) is 0 Å². The molecule has 0 rings (SSSR count). The van der Waals surface area contributed by atoms with Gasteiger partial charge in [-0.3, -0.25) is 0 Å². The minimum absolute atomic E-state index is 0.941. The van der Waals surface area contributed by atoms with E-state index >= 15 is 0 Å². The Kier molecular flexibility index (Phi) is 21.4. The predicted molar refractivity (Wildman–Crippen MR) is 93.6 cm³/mol. The molecule has 0 fully saturated rings. The number of hydrogen-bond donors (Lipinski definition) is 0. The molecular weight excluding hydrogens is 367 g/mol. The van der Waals surface area contributed by atoms with Gasteiger partial charge in [0.15, 0.2) is 0 Å². The first-order valence-corrected chi connectivity index (χ1v) is 11.7. The topological polar surface area (TPSA) is 18.5 Å². The van der Waals surface area contributed by atoms with E-state index in [-0.39, 0.29) is 0 Å². The molecule has 0 N–H and O–H groups in total. The summed E-state index contributed by atoms with van der Waals surface area (Å²) in [4.78, 5) is 0. The van der Waals surface area contributed by atoms with Crippen LogP contribution in [0.25, 0.3) is 0 Å². The molecule has 0 saturated heterocycles. The molecule has 0 aromatic heterocycles. The molecular formula is C18H38O2Sn. The third-order valence-electron chi connectivity index (χ3n) is 3.82. The normalized spacial score (nSPS) is 11.1. The van der Waals surface area contributed by atoms with Crippen molar-refractivity contribution in [1.29, 1.82) is 0 Å². The van der Waals surface area contributed by atoms with Gasteiger partial charge in [0.1, 0.15) is 0 Å². The molecule has 2 nitrogen and oxygen atoms in total. The summed E-state index contributed by atoms with van der Waals surface area (Å²) in [5.41, 5.74) is 0. The van der Waals surface area contributed by atoms with Gasteiger partial charge >= 0.3 is 145 Å². The molecule has 0 aliphatic heterocycles. The Hall–Kier alpha value is 0.719. The van der Waals surface area contributed by atoms with Crippen molar-refractivity contribution in [3.05, 3.63) is 0 Å². The van der Waals surface area contributed by atoms with Crippen LogP contribution in [0.4, 0.5) is 0 Å². The van der Waals surface area contributed by atoms with E-state index in [1.54, 1.807) is 0 Å². The summed E-state index contributed by atoms with van der Waals surface area (Å²) < 4.78 is 11.3. The van der Waals surface area contributed by atoms with Gasteiger partial charge in [-0.2, -0.15) is 0 Å². The molecule has 0 atom stereocenters. The van der Waals surface area contributed by atoms with Crippen molar-refractivity contribution in [2.75, 3.05) is 13.2 Å². The van der Waals surface area contributed by atoms with Crippen molar-refractivity contribution in [2.24, 2.45) is 0 Å². The summed E-state index contributed by atoms with van der Waals surface area (Å²) in [6.45, 7) is 6.42. The summed E-state index contributed by atoms with van der Waals surface area (Å²) in [6.07, 6.45) is 19.0. The van der Waals surface area contributed by atoms with Crippen LogP contribution in [-0.2, 0) is 6.15 Å². The van der Waals surface area contributed by atoms with Gasteiger partial charge in [0.25, 0.3) is 0 Å². The molecule has 3 heteroatoms. The van der Waals surface area contributed by atoms with Crippen LogP contribution >= 0.6 is 0 Å². The Morgan fingerprint density at radius 3 is 1.19 bits per heavy atom. The van der Waals surface area contributed by atoms with Gasteiger partial charge < -0.3 is 0 Å². The van der Waals surface area contributed by atoms with E-state index in [4.69, 9.17) is 6.15 Å². The van der Waals surface area contributed by atoms with Gasteiger partial charge in [0.05, 0.1) is 0 Å². The van der Waals surface area contributed by atoms with Crippen LogP contribution in [0.5, 0.6) is 0 Å². The van der Waals surface area contributed by atoms with Gasteiger partial charge in [0, 0.05) is 0 Å². The van der Waals surface area contributed by atoms with Crippen LogP contribution < -0.4 is 0 Å². The maximum absolute atomic E-state index is 5.67. The zero-order valence-corrected chi connectivity index (χ0v) is 17.5. The Morgan fingerprint density at radius 1 is 0.476 bits per heavy atom. The monoisotopic (exact) mass is 406 g/mol. The van der Waals surface area contributed by atoms with Crippen molar-refractivity contribution >= 4 is 22.0 Å². The molecule has 0 heterocycles. The Labute approximate surface area is 145 Å². The Bertz CT molecular complexity index is 159. The van der Waals surface area contributed by atoms with Crippen LogP contribution in [0.1, 0.15) is 104 Å². The second-order valence-electron chi connectivity index (χ2n) is 6.02. The molecule has 0 unspecified atom stereocenters. The summed E-state index contributed by atoms with van der Waals surface area (Å²) in [5.74, 6) is 0. The molecule has 0 aliphatic rings. The average molecular weight is 405 g/mol. The molecule has 21 heavy (non-hydrogen) atoms. The van der Waals surface area contributed by atoms with Crippen molar-refractivity contribution in [1.82, 2.24) is 0 Å². The van der Waals surface area contributed by atoms with E-state index in [9.17, 15) is 0 Å². The zero-order chi connectivity index (χ0) is 15.4. The standard InChI is InChI=1S/2C9H19O.Sn/c2*1-2-3-4-5-6-7-8-9-10;/h2*2-9H2,1H3;/q2*-1;+2. The van der Waals surface area contributed by atoms with E-state index in [2.05, 4.69) is 13.8 Å². The Morgan fingerprint density at radius 2 is 0.810 bits per heavy atom. The molecule has 0 aliphatic carbocycles. The van der Waals surface area contributed by atoms with Crippen LogP contribution in [0.2, 0.25) is 0 Å². The second kappa shape index (κ2) is 20.7. The molecule has 0 spiro atoms. The van der Waals surface area contributed by atoms with Crippen LogP contribution in [0, 0.1) is 0 Å². The molecule has 0 saturated carbocycles. The first-order valence-electron chi connectivity index (χ1n) is 9.40. The molecule has 126 valence electrons. The second-order valence-corrected chi connectivity index (χ2v) is 8.15. The summed E-state index contributed by atoms with van der Waals surface area (Å²) in [7, 11) is 0. The van der Waals surface area contributed by atoms with Crippen LogP contribution in [-0.4, -0.2) is 35.2 Å². The number of hydrogen-bond acceptors (Lipinski definition) is 2. The minimum atomic E-state index is -0.947. The molecule has 0 aromatic carbocycles. The maximum atomic E-state index is 5.67. The van der Waals surface area contributed by atoms with Crippen LogP contribution in [0.15, 0.2) is 0 Å². The van der Waals surface area contributed by atoms with Gasteiger partial charge in [0.2, 0.25) is 0 Å². The fourth-order valence-corrected chi connectivity index (χ4v) is 3.93. The Balaban J connectivity index is 2.90. The van der Waals surface area contributed by atoms with Gasteiger partial charge in [-0.25, -0.2) is 0 Å². The van der Waals surface area contributed by atoms with Crippen molar-refractivity contribution in [3.8, 4) is 0 Å². The summed E-state index contributed by atoms with van der Waals surface area (Å²) in [5, 5.41) is 0. The third-order valence-corrected chi connectivity index (χ3v) is 5.66. The van der Waals surface area contributed by atoms with Gasteiger partial charge in [-0.05, 0) is 0 Å². The quantitative estimate of drug-likeness (QED) is 0.204. The summed E-state index contributed by atoms with van der Waals surface area (Å²) in [6, 6.07) is 0. The molecule has 0 aromatic rings. The molecule has 2 radical (unpaired) electrons. The van der Waals surface area contributed by atoms with Gasteiger partial charge in [-0.15, -0.1) is 0 Å². The van der Waals surface area contributed by atoms with Crippen molar-refractivity contribution in [2.45, 2.75) is 104 Å². The van der Waals surface area contributed by atoms with E-state index in [1.807, 2.05) is 0 Å². The third kappa shape index (κ3) is 20.7. The number of rotatable bonds is 18. The fourth-order valence-electron chi connectivity index (χ4n) is 2.39. The zero-order valence-electron chi connectivity index (χ0n) is 14.6. The van der Waals surface area contributed by atoms with Crippen LogP contribution in [0.3, 0.4) is 0 Å². The molecule has 0 bridgehead atoms. The SMILES string of the molecule is CCCCCCCCC[O][Sn][O]CCCCCCCCC. The average Bonchev–Trinajstić information content (AvgIpc) is 2.50. The van der Waals surface area contributed by atoms with E-state index < -0.39 is 22.0 Å². The number of unbranched alkanes of at least 4 members (excludes halogenated alkanes) is 12. The van der Waals surface area contributed by atoms with Crippen molar-refractivity contribution < 1.29 is 6.15 Å². The summed E-state index contributed by atoms with van der Waals surface area (Å²) >= 11 is -0.947.